The molecule has 1 aromatic heterocycles. The monoisotopic (exact) mass is 263 g/mol. The number of hydrogen-bond acceptors (Lipinski definition) is 3. The third-order valence-corrected chi connectivity index (χ3v) is 3.57. The molecule has 0 fully saturated rings. The maximum absolute atomic E-state index is 5.89. The van der Waals surface area contributed by atoms with Crippen LogP contribution in [0, 0.1) is 0 Å². The zero-order valence-corrected chi connectivity index (χ0v) is 11.7. The summed E-state index contributed by atoms with van der Waals surface area (Å²) in [5.74, 6) is 1.00. The van der Waals surface area contributed by atoms with Gasteiger partial charge in [-0.25, -0.2) is 0 Å². The summed E-state index contributed by atoms with van der Waals surface area (Å²) in [6, 6.07) is 16.5. The van der Waals surface area contributed by atoms with Crippen molar-refractivity contribution in [3.8, 4) is 11.3 Å². The van der Waals surface area contributed by atoms with Gasteiger partial charge in [0.25, 0.3) is 0 Å². The van der Waals surface area contributed by atoms with Crippen molar-refractivity contribution in [3.05, 3.63) is 54.1 Å². The van der Waals surface area contributed by atoms with E-state index in [1.807, 2.05) is 24.3 Å². The van der Waals surface area contributed by atoms with Crippen molar-refractivity contribution in [3.63, 3.8) is 0 Å². The molecule has 20 heavy (non-hydrogen) atoms. The Balaban J connectivity index is 2.17. The van der Waals surface area contributed by atoms with Crippen molar-refractivity contribution in [1.82, 2.24) is 10.2 Å². The summed E-state index contributed by atoms with van der Waals surface area (Å²) in [4.78, 5) is 0. The number of hydrogen-bond donors (Lipinski definition) is 1. The van der Waals surface area contributed by atoms with Gasteiger partial charge in [-0.1, -0.05) is 62.4 Å². The van der Waals surface area contributed by atoms with Gasteiger partial charge in [0.15, 0.2) is 5.82 Å². The Bertz CT molecular complexity index is 746. The Hall–Kier alpha value is -2.42. The van der Waals surface area contributed by atoms with Crippen LogP contribution < -0.4 is 5.73 Å². The van der Waals surface area contributed by atoms with Crippen molar-refractivity contribution in [2.24, 2.45) is 0 Å². The predicted molar refractivity (Wildman–Crippen MR) is 83.5 cm³/mol. The first-order valence-corrected chi connectivity index (χ1v) is 6.78. The smallest absolute Gasteiger partial charge is 0.154 e. The fourth-order valence-corrected chi connectivity index (χ4v) is 2.36. The standard InChI is InChI=1S/C17H17N3/c1-11(2)12-7-9-13(10-8-12)16-14-5-3-4-6-15(14)17(18)20-19-16/h3-11H,1-2H3,(H2,18,20). The van der Waals surface area contributed by atoms with Crippen LogP contribution in [0.5, 0.6) is 0 Å². The van der Waals surface area contributed by atoms with Crippen molar-refractivity contribution >= 4 is 16.6 Å². The molecule has 0 radical (unpaired) electrons. The van der Waals surface area contributed by atoms with Crippen LogP contribution in [0.2, 0.25) is 0 Å². The van der Waals surface area contributed by atoms with Crippen LogP contribution in [0.3, 0.4) is 0 Å². The van der Waals surface area contributed by atoms with Crippen molar-refractivity contribution in [2.45, 2.75) is 19.8 Å². The number of fused-ring (bicyclic) bond motifs is 1. The molecule has 3 nitrogen and oxygen atoms in total. The number of nitrogen functional groups attached to an aromatic ring is 1. The van der Waals surface area contributed by atoms with Gasteiger partial charge in [-0.05, 0) is 11.5 Å². The first kappa shape index (κ1) is 12.6. The molecular weight excluding hydrogens is 246 g/mol. The molecule has 2 N–H and O–H groups in total. The van der Waals surface area contributed by atoms with Crippen LogP contribution in [0.1, 0.15) is 25.3 Å². The molecule has 0 bridgehead atoms. The highest BCUT2D eigenvalue weighted by atomic mass is 15.1. The number of nitrogens with zero attached hydrogens (tertiary/aromatic N) is 2. The minimum absolute atomic E-state index is 0.475. The van der Waals surface area contributed by atoms with Gasteiger partial charge in [-0.2, -0.15) is 0 Å². The Labute approximate surface area is 118 Å². The van der Waals surface area contributed by atoms with Gasteiger partial charge in [-0.15, -0.1) is 10.2 Å². The van der Waals surface area contributed by atoms with Crippen LogP contribution in [0.4, 0.5) is 5.82 Å². The van der Waals surface area contributed by atoms with Gasteiger partial charge in [0, 0.05) is 16.3 Å². The quantitative estimate of drug-likeness (QED) is 0.760. The first-order valence-electron chi connectivity index (χ1n) is 6.78. The van der Waals surface area contributed by atoms with Crippen LogP contribution in [-0.2, 0) is 0 Å². The number of anilines is 1. The molecule has 100 valence electrons. The molecule has 3 rings (SSSR count). The maximum Gasteiger partial charge on any atom is 0.154 e. The summed E-state index contributed by atoms with van der Waals surface area (Å²) in [7, 11) is 0. The van der Waals surface area contributed by atoms with Gasteiger partial charge in [0.05, 0.1) is 0 Å². The molecular formula is C17H17N3. The van der Waals surface area contributed by atoms with E-state index in [1.165, 1.54) is 5.56 Å². The van der Waals surface area contributed by atoms with E-state index in [0.29, 0.717) is 11.7 Å². The molecule has 1 heterocycles. The first-order chi connectivity index (χ1) is 9.66. The summed E-state index contributed by atoms with van der Waals surface area (Å²) >= 11 is 0. The van der Waals surface area contributed by atoms with E-state index < -0.39 is 0 Å². The zero-order valence-electron chi connectivity index (χ0n) is 11.7. The molecule has 0 unspecified atom stereocenters. The van der Waals surface area contributed by atoms with Crippen LogP contribution in [0.15, 0.2) is 48.5 Å². The summed E-state index contributed by atoms with van der Waals surface area (Å²) in [5, 5.41) is 10.3. The molecule has 0 aliphatic heterocycles. The molecule has 0 aliphatic rings. The summed E-state index contributed by atoms with van der Waals surface area (Å²) < 4.78 is 0. The van der Waals surface area contributed by atoms with Gasteiger partial charge < -0.3 is 5.73 Å². The lowest BCUT2D eigenvalue weighted by Gasteiger charge is -2.09. The maximum atomic E-state index is 5.89. The Kier molecular flexibility index (Phi) is 3.11. The van der Waals surface area contributed by atoms with Crippen molar-refractivity contribution in [1.29, 1.82) is 0 Å². The highest BCUT2D eigenvalue weighted by Gasteiger charge is 2.09. The van der Waals surface area contributed by atoms with Crippen LogP contribution in [0.25, 0.3) is 22.0 Å². The summed E-state index contributed by atoms with van der Waals surface area (Å²) in [5.41, 5.74) is 9.16. The molecule has 3 heteroatoms. The molecule has 0 amide bonds. The summed E-state index contributed by atoms with van der Waals surface area (Å²) in [6.45, 7) is 4.38. The third kappa shape index (κ3) is 2.11. The van der Waals surface area contributed by atoms with Gasteiger partial charge in [0.2, 0.25) is 0 Å². The minimum Gasteiger partial charge on any atom is -0.382 e. The van der Waals surface area contributed by atoms with Crippen molar-refractivity contribution < 1.29 is 0 Å². The zero-order chi connectivity index (χ0) is 14.1. The Morgan fingerprint density at radius 1 is 0.850 bits per heavy atom. The number of rotatable bonds is 2. The van der Waals surface area contributed by atoms with E-state index in [-0.39, 0.29) is 0 Å². The van der Waals surface area contributed by atoms with Crippen LogP contribution in [-0.4, -0.2) is 10.2 Å². The SMILES string of the molecule is CC(C)c1ccc(-c2nnc(N)c3ccccc23)cc1. The average molecular weight is 263 g/mol. The topological polar surface area (TPSA) is 51.8 Å². The lowest BCUT2D eigenvalue weighted by Crippen LogP contribution is -1.97. The van der Waals surface area contributed by atoms with Crippen molar-refractivity contribution in [2.75, 3.05) is 5.73 Å². The predicted octanol–water partition coefficient (Wildman–Crippen LogP) is 4.00. The molecule has 0 spiro atoms. The normalized spacial score (nSPS) is 11.2. The summed E-state index contributed by atoms with van der Waals surface area (Å²) in [6.07, 6.45) is 0. The highest BCUT2D eigenvalue weighted by molar-refractivity contribution is 5.99. The van der Waals surface area contributed by atoms with E-state index in [1.54, 1.807) is 0 Å². The molecule has 0 saturated heterocycles. The lowest BCUT2D eigenvalue weighted by atomic mass is 9.99. The van der Waals surface area contributed by atoms with Crippen LogP contribution >= 0.6 is 0 Å². The van der Waals surface area contributed by atoms with E-state index in [4.69, 9.17) is 5.73 Å². The highest BCUT2D eigenvalue weighted by Crippen LogP contribution is 2.29. The fourth-order valence-electron chi connectivity index (χ4n) is 2.36. The second-order valence-electron chi connectivity index (χ2n) is 5.26. The second-order valence-corrected chi connectivity index (χ2v) is 5.26. The number of benzene rings is 2. The van der Waals surface area contributed by atoms with E-state index in [2.05, 4.69) is 48.3 Å². The molecule has 2 aromatic carbocycles. The Morgan fingerprint density at radius 2 is 1.50 bits per heavy atom. The second kappa shape index (κ2) is 4.93. The largest absolute Gasteiger partial charge is 0.382 e. The van der Waals surface area contributed by atoms with Gasteiger partial charge >= 0.3 is 0 Å². The third-order valence-electron chi connectivity index (χ3n) is 3.57. The number of aromatic nitrogens is 2. The van der Waals surface area contributed by atoms with Gasteiger partial charge in [0.1, 0.15) is 5.69 Å². The van der Waals surface area contributed by atoms with E-state index >= 15 is 0 Å². The molecule has 0 atom stereocenters. The Morgan fingerprint density at radius 3 is 2.15 bits per heavy atom. The van der Waals surface area contributed by atoms with E-state index in [9.17, 15) is 0 Å². The van der Waals surface area contributed by atoms with E-state index in [0.717, 1.165) is 22.0 Å². The number of nitrogens with two attached hydrogens (primary N) is 1. The minimum atomic E-state index is 0.475. The molecule has 3 aromatic rings. The average Bonchev–Trinajstić information content (AvgIpc) is 2.48. The molecule has 0 aliphatic carbocycles. The molecule has 0 saturated carbocycles. The fraction of sp³-hybridized carbons (Fsp3) is 0.176. The van der Waals surface area contributed by atoms with Gasteiger partial charge in [-0.3, -0.25) is 0 Å². The lowest BCUT2D eigenvalue weighted by molar-refractivity contribution is 0.867.